The van der Waals surface area contributed by atoms with Gasteiger partial charge in [0, 0.05) is 11.6 Å². The van der Waals surface area contributed by atoms with Crippen LogP contribution in [0.5, 0.6) is 5.75 Å². The molecule has 1 saturated carbocycles. The van der Waals surface area contributed by atoms with Crippen LogP contribution in [0.15, 0.2) is 89.9 Å². The Kier molecular flexibility index (Phi) is 6.35. The van der Waals surface area contributed by atoms with Crippen LogP contribution < -0.4 is 10.1 Å². The van der Waals surface area contributed by atoms with E-state index in [1.807, 2.05) is 84.9 Å². The van der Waals surface area contributed by atoms with Crippen molar-refractivity contribution in [1.82, 2.24) is 5.32 Å². The van der Waals surface area contributed by atoms with Crippen LogP contribution in [0.3, 0.4) is 0 Å². The molecule has 5 nitrogen and oxygen atoms in total. The van der Waals surface area contributed by atoms with Gasteiger partial charge in [-0.25, -0.2) is 4.99 Å². The smallest absolute Gasteiger partial charge is 0.257 e. The number of amides is 1. The molecule has 3 aromatic rings. The third-order valence-corrected chi connectivity index (χ3v) is 6.83. The molecule has 3 aromatic carbocycles. The van der Waals surface area contributed by atoms with Crippen LogP contribution in [0.25, 0.3) is 0 Å². The van der Waals surface area contributed by atoms with Gasteiger partial charge in [0.15, 0.2) is 6.10 Å². The van der Waals surface area contributed by atoms with Crippen molar-refractivity contribution in [3.63, 3.8) is 0 Å². The molecule has 0 radical (unpaired) electrons. The zero-order valence-electron chi connectivity index (χ0n) is 19.4. The average Bonchev–Trinajstić information content (AvgIpc) is 3.32. The molecule has 1 amide bonds. The Bertz CT molecular complexity index is 1140. The maximum Gasteiger partial charge on any atom is 0.257 e. The first-order chi connectivity index (χ1) is 16.7. The first-order valence-electron chi connectivity index (χ1n) is 12.0. The van der Waals surface area contributed by atoms with E-state index in [0.717, 1.165) is 48.1 Å². The van der Waals surface area contributed by atoms with Gasteiger partial charge < -0.3 is 14.8 Å². The SMILES string of the molecule is COc1ccc([C@@]2(C(=O)NC3CCCCC3)N=C(c3ccccc3)O[C@H]2c2ccccc2)cc1. The van der Waals surface area contributed by atoms with Gasteiger partial charge in [-0.3, -0.25) is 4.79 Å². The van der Waals surface area contributed by atoms with Crippen LogP contribution in [0.4, 0.5) is 0 Å². The summed E-state index contributed by atoms with van der Waals surface area (Å²) in [7, 11) is 1.64. The molecule has 1 aliphatic heterocycles. The predicted octanol–water partition coefficient (Wildman–Crippen LogP) is 5.56. The van der Waals surface area contributed by atoms with Crippen LogP contribution in [0.2, 0.25) is 0 Å². The maximum atomic E-state index is 14.2. The number of ether oxygens (including phenoxy) is 2. The van der Waals surface area contributed by atoms with Gasteiger partial charge >= 0.3 is 0 Å². The van der Waals surface area contributed by atoms with Crippen LogP contribution in [-0.2, 0) is 15.1 Å². The molecule has 1 heterocycles. The fraction of sp³-hybridized carbons (Fsp3) is 0.310. The minimum absolute atomic E-state index is 0.121. The lowest BCUT2D eigenvalue weighted by molar-refractivity contribution is -0.130. The molecule has 0 spiro atoms. The molecule has 2 atom stereocenters. The number of rotatable bonds is 6. The van der Waals surface area contributed by atoms with Gasteiger partial charge in [-0.1, -0.05) is 79.9 Å². The van der Waals surface area contributed by atoms with E-state index in [1.165, 1.54) is 6.42 Å². The number of hydrogen-bond acceptors (Lipinski definition) is 4. The van der Waals surface area contributed by atoms with Crippen LogP contribution in [0.1, 0.15) is 54.9 Å². The van der Waals surface area contributed by atoms with E-state index in [9.17, 15) is 4.79 Å². The Morgan fingerprint density at radius 1 is 0.912 bits per heavy atom. The summed E-state index contributed by atoms with van der Waals surface area (Å²) in [6, 6.07) is 27.5. The first kappa shape index (κ1) is 22.2. The van der Waals surface area contributed by atoms with Gasteiger partial charge in [0.25, 0.3) is 5.91 Å². The van der Waals surface area contributed by atoms with Gasteiger partial charge in [0.05, 0.1) is 7.11 Å². The van der Waals surface area contributed by atoms with Gasteiger partial charge in [0.2, 0.25) is 11.4 Å². The van der Waals surface area contributed by atoms with Crippen molar-refractivity contribution in [2.24, 2.45) is 4.99 Å². The molecule has 1 N–H and O–H groups in total. The standard InChI is InChI=1S/C29H30N2O3/c1-33-25-19-17-23(18-20-25)29(28(32)30-24-15-9-4-10-16-24)26(21-11-5-2-6-12-21)34-27(31-29)22-13-7-3-8-14-22/h2-3,5-8,11-14,17-20,24,26H,4,9-10,15-16H2,1H3,(H,30,32)/t26-,29+/m0/s1. The molecule has 1 aliphatic carbocycles. The summed E-state index contributed by atoms with van der Waals surface area (Å²) in [6.45, 7) is 0. The molecule has 0 unspecified atom stereocenters. The fourth-order valence-electron chi connectivity index (χ4n) is 5.00. The number of carbonyl (C=O) groups excluding carboxylic acids is 1. The first-order valence-corrected chi connectivity index (χ1v) is 12.0. The Balaban J connectivity index is 1.65. The molecule has 174 valence electrons. The Morgan fingerprint density at radius 2 is 1.56 bits per heavy atom. The normalized spacial score (nSPS) is 22.5. The number of nitrogens with one attached hydrogen (secondary N) is 1. The second-order valence-electron chi connectivity index (χ2n) is 8.99. The summed E-state index contributed by atoms with van der Waals surface area (Å²) in [4.78, 5) is 19.3. The predicted molar refractivity (Wildman–Crippen MR) is 133 cm³/mol. The minimum Gasteiger partial charge on any atom is -0.497 e. The van der Waals surface area contributed by atoms with Gasteiger partial charge in [0.1, 0.15) is 5.75 Å². The van der Waals surface area contributed by atoms with Gasteiger partial charge in [-0.05, 0) is 48.2 Å². The topological polar surface area (TPSA) is 59.9 Å². The lowest BCUT2D eigenvalue weighted by Crippen LogP contribution is -2.49. The average molecular weight is 455 g/mol. The van der Waals surface area contributed by atoms with Crippen molar-refractivity contribution >= 4 is 11.8 Å². The van der Waals surface area contributed by atoms with Gasteiger partial charge in [-0.15, -0.1) is 0 Å². The molecule has 1 fully saturated rings. The van der Waals surface area contributed by atoms with E-state index in [4.69, 9.17) is 14.5 Å². The van der Waals surface area contributed by atoms with E-state index < -0.39 is 11.6 Å². The minimum atomic E-state index is -1.25. The van der Waals surface area contributed by atoms with Crippen LogP contribution in [0, 0.1) is 0 Å². The number of aliphatic imine (C=N–C) groups is 1. The summed E-state index contributed by atoms with van der Waals surface area (Å²) < 4.78 is 11.9. The number of hydrogen-bond donors (Lipinski definition) is 1. The molecular weight excluding hydrogens is 424 g/mol. The van der Waals surface area contributed by atoms with Crippen LogP contribution in [-0.4, -0.2) is 25.0 Å². The Labute approximate surface area is 200 Å². The van der Waals surface area contributed by atoms with Crippen LogP contribution >= 0.6 is 0 Å². The third kappa shape index (κ3) is 4.18. The fourth-order valence-corrected chi connectivity index (χ4v) is 5.00. The summed E-state index contributed by atoms with van der Waals surface area (Å²) in [5.41, 5.74) is 1.29. The Hall–Kier alpha value is -3.60. The van der Waals surface area contributed by atoms with E-state index in [1.54, 1.807) is 7.11 Å². The van der Waals surface area contributed by atoms with E-state index >= 15 is 0 Å². The van der Waals surface area contributed by atoms with E-state index in [2.05, 4.69) is 5.32 Å². The van der Waals surface area contributed by atoms with E-state index in [0.29, 0.717) is 5.90 Å². The van der Waals surface area contributed by atoms with Crippen molar-refractivity contribution in [2.45, 2.75) is 49.8 Å². The highest BCUT2D eigenvalue weighted by Gasteiger charge is 2.55. The number of carbonyl (C=O) groups is 1. The number of benzene rings is 3. The lowest BCUT2D eigenvalue weighted by Gasteiger charge is -2.33. The molecule has 0 bridgehead atoms. The summed E-state index contributed by atoms with van der Waals surface area (Å²) in [5, 5.41) is 3.34. The number of methoxy groups -OCH3 is 1. The molecule has 5 rings (SSSR count). The second-order valence-corrected chi connectivity index (χ2v) is 8.99. The molecule has 2 aliphatic rings. The van der Waals surface area contributed by atoms with Crippen molar-refractivity contribution in [3.05, 3.63) is 102 Å². The number of nitrogens with zero attached hydrogens (tertiary/aromatic N) is 1. The highest BCUT2D eigenvalue weighted by molar-refractivity contribution is 6.01. The highest BCUT2D eigenvalue weighted by atomic mass is 16.5. The summed E-state index contributed by atoms with van der Waals surface area (Å²) in [6.07, 6.45) is 4.89. The maximum absolute atomic E-state index is 14.2. The van der Waals surface area contributed by atoms with Crippen molar-refractivity contribution in [2.75, 3.05) is 7.11 Å². The molecule has 34 heavy (non-hydrogen) atoms. The summed E-state index contributed by atoms with van der Waals surface area (Å²) >= 11 is 0. The molecular formula is C29H30N2O3. The molecule has 0 aromatic heterocycles. The Morgan fingerprint density at radius 3 is 2.21 bits per heavy atom. The van der Waals surface area contributed by atoms with Gasteiger partial charge in [-0.2, -0.15) is 0 Å². The largest absolute Gasteiger partial charge is 0.497 e. The second kappa shape index (κ2) is 9.72. The van der Waals surface area contributed by atoms with E-state index in [-0.39, 0.29) is 11.9 Å². The molecule has 5 heteroatoms. The third-order valence-electron chi connectivity index (χ3n) is 6.83. The zero-order valence-corrected chi connectivity index (χ0v) is 19.4. The highest BCUT2D eigenvalue weighted by Crippen LogP contribution is 2.47. The van der Waals surface area contributed by atoms with Crippen molar-refractivity contribution in [3.8, 4) is 5.75 Å². The molecule has 0 saturated heterocycles. The van der Waals surface area contributed by atoms with Crippen molar-refractivity contribution in [1.29, 1.82) is 0 Å². The quantitative estimate of drug-likeness (QED) is 0.531. The monoisotopic (exact) mass is 454 g/mol. The summed E-state index contributed by atoms with van der Waals surface area (Å²) in [5.74, 6) is 1.09. The van der Waals surface area contributed by atoms with Crippen molar-refractivity contribution < 1.29 is 14.3 Å². The zero-order chi connectivity index (χ0) is 23.4. The lowest BCUT2D eigenvalue weighted by atomic mass is 9.80.